The number of aliphatic carboxylic acids is 1. The molecule has 1 N–H and O–H groups in total. The van der Waals surface area contributed by atoms with E-state index in [1.54, 1.807) is 11.1 Å². The molecule has 4 heterocycles. The number of piperazine rings is 1. The van der Waals surface area contributed by atoms with E-state index in [2.05, 4.69) is 9.88 Å². The molecule has 0 radical (unpaired) electrons. The Morgan fingerprint density at radius 3 is 2.42 bits per heavy atom. The summed E-state index contributed by atoms with van der Waals surface area (Å²) in [4.78, 5) is 32.7. The minimum absolute atomic E-state index is 0.0599. The largest absolute Gasteiger partial charge is 0.481 e. The van der Waals surface area contributed by atoms with Gasteiger partial charge in [0.25, 0.3) is 0 Å². The van der Waals surface area contributed by atoms with Crippen LogP contribution in [-0.4, -0.2) is 65.3 Å². The molecule has 7 heteroatoms. The minimum Gasteiger partial charge on any atom is -0.481 e. The number of carbonyl (C=O) groups excluding carboxylic acids is 1. The first kappa shape index (κ1) is 15.4. The number of ether oxygens (including phenoxy) is 1. The van der Waals surface area contributed by atoms with Crippen molar-refractivity contribution in [3.8, 4) is 0 Å². The lowest BCUT2D eigenvalue weighted by molar-refractivity contribution is -0.151. The van der Waals surface area contributed by atoms with Gasteiger partial charge in [0.2, 0.25) is 5.91 Å². The zero-order valence-electron chi connectivity index (χ0n) is 13.4. The van der Waals surface area contributed by atoms with Crippen molar-refractivity contribution in [2.24, 2.45) is 11.8 Å². The van der Waals surface area contributed by atoms with Crippen molar-refractivity contribution < 1.29 is 19.4 Å². The van der Waals surface area contributed by atoms with E-state index in [1.807, 2.05) is 18.2 Å². The molecule has 4 rings (SSSR count). The molecule has 0 aromatic carbocycles. The highest BCUT2D eigenvalue weighted by Gasteiger charge is 2.56. The molecule has 128 valence electrons. The second kappa shape index (κ2) is 6.05. The molecule has 3 aliphatic rings. The molecular weight excluding hydrogens is 310 g/mol. The summed E-state index contributed by atoms with van der Waals surface area (Å²) in [6.07, 6.45) is 2.78. The van der Waals surface area contributed by atoms with E-state index in [0.717, 1.165) is 18.7 Å². The van der Waals surface area contributed by atoms with Crippen LogP contribution >= 0.6 is 0 Å². The Bertz CT molecular complexity index is 630. The number of hydrogen-bond acceptors (Lipinski definition) is 5. The molecule has 2 bridgehead atoms. The van der Waals surface area contributed by atoms with Gasteiger partial charge in [0.1, 0.15) is 5.82 Å². The maximum Gasteiger partial charge on any atom is 0.310 e. The quantitative estimate of drug-likeness (QED) is 0.874. The van der Waals surface area contributed by atoms with Crippen molar-refractivity contribution in [3.05, 3.63) is 24.4 Å². The van der Waals surface area contributed by atoms with Crippen LogP contribution in [0, 0.1) is 11.8 Å². The third-order valence-corrected chi connectivity index (χ3v) is 5.41. The van der Waals surface area contributed by atoms with Crippen LogP contribution in [0.25, 0.3) is 0 Å². The summed E-state index contributed by atoms with van der Waals surface area (Å²) in [6.45, 7) is 2.61. The topological polar surface area (TPSA) is 83.0 Å². The third kappa shape index (κ3) is 2.53. The number of carboxylic acid groups (broad SMARTS) is 1. The molecule has 7 nitrogen and oxygen atoms in total. The van der Waals surface area contributed by atoms with Crippen molar-refractivity contribution >= 4 is 17.7 Å². The fourth-order valence-corrected chi connectivity index (χ4v) is 4.21. The zero-order valence-corrected chi connectivity index (χ0v) is 13.4. The zero-order chi connectivity index (χ0) is 16.7. The number of fused-ring (bicyclic) bond motifs is 2. The lowest BCUT2D eigenvalue weighted by atomic mass is 9.78. The monoisotopic (exact) mass is 331 g/mol. The Morgan fingerprint density at radius 1 is 1.08 bits per heavy atom. The molecule has 0 saturated carbocycles. The van der Waals surface area contributed by atoms with E-state index >= 15 is 0 Å². The highest BCUT2D eigenvalue weighted by atomic mass is 16.5. The fraction of sp³-hybridized carbons (Fsp3) is 0.588. The Hall–Kier alpha value is -2.15. The first-order valence-electron chi connectivity index (χ1n) is 8.48. The van der Waals surface area contributed by atoms with Gasteiger partial charge in [-0.1, -0.05) is 6.07 Å². The summed E-state index contributed by atoms with van der Waals surface area (Å²) < 4.78 is 5.71. The molecule has 0 unspecified atom stereocenters. The molecule has 0 spiro atoms. The number of aromatic nitrogens is 1. The second-order valence-corrected chi connectivity index (χ2v) is 6.68. The Kier molecular flexibility index (Phi) is 3.88. The molecule has 24 heavy (non-hydrogen) atoms. The molecule has 1 aromatic rings. The smallest absolute Gasteiger partial charge is 0.310 e. The van der Waals surface area contributed by atoms with Crippen LogP contribution in [0.15, 0.2) is 24.4 Å². The molecule has 1 amide bonds. The minimum atomic E-state index is -0.910. The van der Waals surface area contributed by atoms with E-state index in [-0.39, 0.29) is 18.1 Å². The molecule has 3 fully saturated rings. The van der Waals surface area contributed by atoms with E-state index in [9.17, 15) is 14.7 Å². The lowest BCUT2D eigenvalue weighted by Gasteiger charge is -2.38. The molecule has 1 aromatic heterocycles. The molecule has 4 atom stereocenters. The van der Waals surface area contributed by atoms with E-state index in [0.29, 0.717) is 26.2 Å². The van der Waals surface area contributed by atoms with Crippen molar-refractivity contribution in [2.75, 3.05) is 31.1 Å². The van der Waals surface area contributed by atoms with Crippen LogP contribution in [0.3, 0.4) is 0 Å². The number of carbonyl (C=O) groups is 2. The number of nitrogens with zero attached hydrogens (tertiary/aromatic N) is 3. The number of rotatable bonds is 3. The van der Waals surface area contributed by atoms with Gasteiger partial charge < -0.3 is 19.6 Å². The summed E-state index contributed by atoms with van der Waals surface area (Å²) in [5, 5.41) is 9.48. The molecule has 3 saturated heterocycles. The number of anilines is 1. The maximum absolute atomic E-state index is 12.9. The van der Waals surface area contributed by atoms with Gasteiger partial charge in [0, 0.05) is 32.4 Å². The number of amides is 1. The summed E-state index contributed by atoms with van der Waals surface area (Å²) in [5.74, 6) is -1.27. The van der Waals surface area contributed by atoms with Gasteiger partial charge in [-0.15, -0.1) is 0 Å². The Morgan fingerprint density at radius 2 is 1.79 bits per heavy atom. The second-order valence-electron chi connectivity index (χ2n) is 6.68. The first-order chi connectivity index (χ1) is 11.6. The standard InChI is InChI=1S/C17H21N3O4/c21-16(14-11-4-5-12(24-11)15(14)17(22)23)20-9-7-19(8-10-20)13-3-1-2-6-18-13/h1-3,6,11-12,14-15H,4-5,7-10H2,(H,22,23)/t11-,12-,14-,15+/m1/s1. The van der Waals surface area contributed by atoms with E-state index in [1.165, 1.54) is 0 Å². The highest BCUT2D eigenvalue weighted by Crippen LogP contribution is 2.44. The Labute approximate surface area is 140 Å². The van der Waals surface area contributed by atoms with E-state index in [4.69, 9.17) is 4.74 Å². The van der Waals surface area contributed by atoms with Gasteiger partial charge in [0.15, 0.2) is 0 Å². The van der Waals surface area contributed by atoms with Crippen LogP contribution < -0.4 is 4.90 Å². The van der Waals surface area contributed by atoms with Crippen LogP contribution in [0.4, 0.5) is 5.82 Å². The molecule has 3 aliphatic heterocycles. The van der Waals surface area contributed by atoms with Crippen molar-refractivity contribution in [1.82, 2.24) is 9.88 Å². The maximum atomic E-state index is 12.9. The van der Waals surface area contributed by atoms with Crippen molar-refractivity contribution in [3.63, 3.8) is 0 Å². The number of pyridine rings is 1. The average molecular weight is 331 g/mol. The third-order valence-electron chi connectivity index (χ3n) is 5.41. The first-order valence-corrected chi connectivity index (χ1v) is 8.48. The predicted octanol–water partition coefficient (Wildman–Crippen LogP) is 0.608. The van der Waals surface area contributed by atoms with Gasteiger partial charge in [-0.3, -0.25) is 9.59 Å². The van der Waals surface area contributed by atoms with Crippen LogP contribution in [0.1, 0.15) is 12.8 Å². The van der Waals surface area contributed by atoms with Crippen molar-refractivity contribution in [2.45, 2.75) is 25.0 Å². The summed E-state index contributed by atoms with van der Waals surface area (Å²) in [6, 6.07) is 5.79. The van der Waals surface area contributed by atoms with Gasteiger partial charge in [-0.2, -0.15) is 0 Å². The normalized spacial score (nSPS) is 32.2. The average Bonchev–Trinajstić information content (AvgIpc) is 3.23. The lowest BCUT2D eigenvalue weighted by Crippen LogP contribution is -2.53. The Balaban J connectivity index is 1.42. The van der Waals surface area contributed by atoms with Gasteiger partial charge in [-0.05, 0) is 25.0 Å². The van der Waals surface area contributed by atoms with E-state index < -0.39 is 17.8 Å². The predicted molar refractivity (Wildman–Crippen MR) is 85.5 cm³/mol. The summed E-state index contributed by atoms with van der Waals surface area (Å²) >= 11 is 0. The van der Waals surface area contributed by atoms with Crippen molar-refractivity contribution in [1.29, 1.82) is 0 Å². The van der Waals surface area contributed by atoms with Gasteiger partial charge in [0.05, 0.1) is 24.0 Å². The number of hydrogen-bond donors (Lipinski definition) is 1. The molecular formula is C17H21N3O4. The van der Waals surface area contributed by atoms with Crippen LogP contribution in [0.2, 0.25) is 0 Å². The van der Waals surface area contributed by atoms with Gasteiger partial charge >= 0.3 is 5.97 Å². The van der Waals surface area contributed by atoms with Crippen LogP contribution in [0.5, 0.6) is 0 Å². The SMILES string of the molecule is O=C(O)[C@@H]1[C@H](C(=O)N2CCN(c3ccccn3)CC2)[C@H]2CC[C@H]1O2. The fourth-order valence-electron chi connectivity index (χ4n) is 4.21. The van der Waals surface area contributed by atoms with Crippen LogP contribution in [-0.2, 0) is 14.3 Å². The highest BCUT2D eigenvalue weighted by molar-refractivity contribution is 5.86. The summed E-state index contributed by atoms with van der Waals surface area (Å²) in [5.41, 5.74) is 0. The summed E-state index contributed by atoms with van der Waals surface area (Å²) in [7, 11) is 0. The molecule has 0 aliphatic carbocycles. The number of carboxylic acids is 1. The van der Waals surface area contributed by atoms with Gasteiger partial charge in [-0.25, -0.2) is 4.98 Å².